The van der Waals surface area contributed by atoms with E-state index >= 15 is 0 Å². The number of halogens is 1. The first-order valence-electron chi connectivity index (χ1n) is 7.32. The summed E-state index contributed by atoms with van der Waals surface area (Å²) in [5.41, 5.74) is 6.59. The van der Waals surface area contributed by atoms with E-state index in [1.54, 1.807) is 6.20 Å². The molecular formula is C15H16FN5O2. The first-order chi connectivity index (χ1) is 11.0. The maximum atomic E-state index is 14.2. The van der Waals surface area contributed by atoms with Crippen molar-refractivity contribution in [2.24, 2.45) is 0 Å². The van der Waals surface area contributed by atoms with Gasteiger partial charge in [-0.3, -0.25) is 10.1 Å². The number of nitro groups is 1. The Kier molecular flexibility index (Phi) is 4.05. The van der Waals surface area contributed by atoms with E-state index in [-0.39, 0.29) is 17.6 Å². The lowest BCUT2D eigenvalue weighted by Gasteiger charge is -2.34. The van der Waals surface area contributed by atoms with Crippen LogP contribution in [-0.4, -0.2) is 28.0 Å². The van der Waals surface area contributed by atoms with Crippen molar-refractivity contribution in [1.29, 1.82) is 0 Å². The molecule has 1 atom stereocenters. The monoisotopic (exact) mass is 317 g/mol. The second-order valence-corrected chi connectivity index (χ2v) is 5.52. The molecule has 1 saturated heterocycles. The lowest BCUT2D eigenvalue weighted by Crippen LogP contribution is -2.35. The fourth-order valence-corrected chi connectivity index (χ4v) is 2.92. The van der Waals surface area contributed by atoms with Crippen molar-refractivity contribution < 1.29 is 9.31 Å². The van der Waals surface area contributed by atoms with Crippen LogP contribution in [0.4, 0.5) is 21.7 Å². The summed E-state index contributed by atoms with van der Waals surface area (Å²) < 4.78 is 14.2. The number of rotatable bonds is 3. The molecule has 1 fully saturated rings. The normalized spacial score (nSPS) is 18.0. The molecule has 2 heterocycles. The minimum atomic E-state index is -0.602. The summed E-state index contributed by atoms with van der Waals surface area (Å²) in [4.78, 5) is 20.1. The Balaban J connectivity index is 1.82. The number of aromatic nitrogens is 2. The summed E-state index contributed by atoms with van der Waals surface area (Å²) in [5.74, 6) is -0.230. The molecule has 1 aromatic heterocycles. The van der Waals surface area contributed by atoms with Crippen LogP contribution in [0.3, 0.4) is 0 Å². The molecule has 1 aliphatic rings. The predicted octanol–water partition coefficient (Wildman–Crippen LogP) is 2.49. The second-order valence-electron chi connectivity index (χ2n) is 5.52. The summed E-state index contributed by atoms with van der Waals surface area (Å²) in [6.45, 7) is 1.29. The Morgan fingerprint density at radius 2 is 2.22 bits per heavy atom. The Labute approximate surface area is 132 Å². The Morgan fingerprint density at radius 3 is 2.91 bits per heavy atom. The molecule has 2 aromatic rings. The number of hydrogen-bond donors (Lipinski definition) is 1. The zero-order chi connectivity index (χ0) is 16.4. The van der Waals surface area contributed by atoms with Gasteiger partial charge < -0.3 is 10.6 Å². The van der Waals surface area contributed by atoms with E-state index in [1.807, 2.05) is 11.0 Å². The number of nitrogens with two attached hydrogens (primary N) is 1. The minimum absolute atomic E-state index is 0.128. The van der Waals surface area contributed by atoms with Gasteiger partial charge in [-0.05, 0) is 25.0 Å². The number of non-ortho nitro benzene ring substituents is 1. The average Bonchev–Trinajstić information content (AvgIpc) is 2.55. The van der Waals surface area contributed by atoms with Gasteiger partial charge in [0.2, 0.25) is 5.95 Å². The van der Waals surface area contributed by atoms with Gasteiger partial charge in [0, 0.05) is 31.3 Å². The number of benzene rings is 1. The van der Waals surface area contributed by atoms with Crippen molar-refractivity contribution in [1.82, 2.24) is 9.97 Å². The number of hydrogen-bond acceptors (Lipinski definition) is 6. The molecule has 7 nitrogen and oxygen atoms in total. The van der Waals surface area contributed by atoms with Crippen molar-refractivity contribution in [2.75, 3.05) is 23.7 Å². The molecule has 0 aliphatic carbocycles. The van der Waals surface area contributed by atoms with Crippen LogP contribution in [0.25, 0.3) is 0 Å². The largest absolute Gasteiger partial charge is 0.368 e. The van der Waals surface area contributed by atoms with Crippen LogP contribution in [0.2, 0.25) is 0 Å². The second kappa shape index (κ2) is 6.15. The van der Waals surface area contributed by atoms with Crippen LogP contribution in [0.15, 0.2) is 30.5 Å². The Hall–Kier alpha value is -2.77. The van der Waals surface area contributed by atoms with E-state index in [0.29, 0.717) is 18.8 Å². The fourth-order valence-electron chi connectivity index (χ4n) is 2.92. The number of nitrogen functional groups attached to an aromatic ring is 1. The van der Waals surface area contributed by atoms with Crippen LogP contribution in [0, 0.1) is 15.9 Å². The van der Waals surface area contributed by atoms with Crippen molar-refractivity contribution >= 4 is 17.3 Å². The van der Waals surface area contributed by atoms with E-state index in [4.69, 9.17) is 5.73 Å². The van der Waals surface area contributed by atoms with Gasteiger partial charge in [0.15, 0.2) is 5.82 Å². The molecule has 0 radical (unpaired) electrons. The molecule has 1 aliphatic heterocycles. The lowest BCUT2D eigenvalue weighted by atomic mass is 9.94. The van der Waals surface area contributed by atoms with Crippen molar-refractivity contribution in [3.05, 3.63) is 52.1 Å². The first kappa shape index (κ1) is 15.1. The van der Waals surface area contributed by atoms with Crippen molar-refractivity contribution in [2.45, 2.75) is 18.8 Å². The maximum absolute atomic E-state index is 14.2. The third-order valence-corrected chi connectivity index (χ3v) is 4.02. The SMILES string of the molecule is Nc1nccc([C@@H]2CCCN(c3ccc([N+](=O)[O-])cc3F)C2)n1. The van der Waals surface area contributed by atoms with Crippen LogP contribution < -0.4 is 10.6 Å². The molecular weight excluding hydrogens is 301 g/mol. The molecule has 0 unspecified atom stereocenters. The standard InChI is InChI=1S/C15H16FN5O2/c16-12-8-11(21(22)23)3-4-14(12)20-7-1-2-10(9-20)13-5-6-18-15(17)19-13/h3-6,8,10H,1-2,7,9H2,(H2,17,18,19)/t10-/m1/s1. The molecule has 0 amide bonds. The average molecular weight is 317 g/mol. The molecule has 1 aromatic carbocycles. The van der Waals surface area contributed by atoms with E-state index in [0.717, 1.165) is 24.6 Å². The van der Waals surface area contributed by atoms with Gasteiger partial charge in [-0.2, -0.15) is 0 Å². The Morgan fingerprint density at radius 1 is 1.39 bits per heavy atom. The summed E-state index contributed by atoms with van der Waals surface area (Å²) in [6.07, 6.45) is 3.43. The van der Waals surface area contributed by atoms with E-state index in [1.165, 1.54) is 12.1 Å². The zero-order valence-electron chi connectivity index (χ0n) is 12.4. The van der Waals surface area contributed by atoms with Crippen LogP contribution in [0.1, 0.15) is 24.5 Å². The van der Waals surface area contributed by atoms with Crippen LogP contribution >= 0.6 is 0 Å². The van der Waals surface area contributed by atoms with Gasteiger partial charge in [-0.1, -0.05) is 0 Å². The third kappa shape index (κ3) is 3.20. The zero-order valence-corrected chi connectivity index (χ0v) is 12.4. The van der Waals surface area contributed by atoms with E-state index < -0.39 is 10.7 Å². The van der Waals surface area contributed by atoms with Gasteiger partial charge in [-0.25, -0.2) is 14.4 Å². The number of nitro benzene ring substituents is 1. The van der Waals surface area contributed by atoms with Gasteiger partial charge in [-0.15, -0.1) is 0 Å². The quantitative estimate of drug-likeness (QED) is 0.690. The number of anilines is 2. The summed E-state index contributed by atoms with van der Waals surface area (Å²) >= 11 is 0. The number of nitrogens with zero attached hydrogens (tertiary/aromatic N) is 4. The highest BCUT2D eigenvalue weighted by molar-refractivity contribution is 5.53. The van der Waals surface area contributed by atoms with Crippen LogP contribution in [0.5, 0.6) is 0 Å². The topological polar surface area (TPSA) is 98.2 Å². The number of piperidine rings is 1. The predicted molar refractivity (Wildman–Crippen MR) is 83.7 cm³/mol. The molecule has 23 heavy (non-hydrogen) atoms. The molecule has 2 N–H and O–H groups in total. The van der Waals surface area contributed by atoms with Gasteiger partial charge in [0.1, 0.15) is 0 Å². The molecule has 0 saturated carbocycles. The van der Waals surface area contributed by atoms with Gasteiger partial charge in [0.25, 0.3) is 5.69 Å². The van der Waals surface area contributed by atoms with E-state index in [9.17, 15) is 14.5 Å². The highest BCUT2D eigenvalue weighted by Gasteiger charge is 2.25. The van der Waals surface area contributed by atoms with Crippen LogP contribution in [-0.2, 0) is 0 Å². The highest BCUT2D eigenvalue weighted by Crippen LogP contribution is 2.31. The third-order valence-electron chi connectivity index (χ3n) is 4.02. The van der Waals surface area contributed by atoms with Gasteiger partial charge in [0.05, 0.1) is 22.4 Å². The Bertz CT molecular complexity index is 740. The minimum Gasteiger partial charge on any atom is -0.368 e. The maximum Gasteiger partial charge on any atom is 0.272 e. The lowest BCUT2D eigenvalue weighted by molar-refractivity contribution is -0.385. The van der Waals surface area contributed by atoms with Crippen molar-refractivity contribution in [3.63, 3.8) is 0 Å². The summed E-state index contributed by atoms with van der Waals surface area (Å²) in [5, 5.41) is 10.7. The molecule has 3 rings (SSSR count). The first-order valence-corrected chi connectivity index (χ1v) is 7.32. The summed E-state index contributed by atoms with van der Waals surface area (Å²) in [6, 6.07) is 5.56. The smallest absolute Gasteiger partial charge is 0.272 e. The van der Waals surface area contributed by atoms with Crippen molar-refractivity contribution in [3.8, 4) is 0 Å². The summed E-state index contributed by atoms with van der Waals surface area (Å²) in [7, 11) is 0. The molecule has 0 bridgehead atoms. The molecule has 8 heteroatoms. The molecule has 120 valence electrons. The highest BCUT2D eigenvalue weighted by atomic mass is 19.1. The van der Waals surface area contributed by atoms with E-state index in [2.05, 4.69) is 9.97 Å². The van der Waals surface area contributed by atoms with Gasteiger partial charge >= 0.3 is 0 Å². The fraction of sp³-hybridized carbons (Fsp3) is 0.333. The molecule has 0 spiro atoms.